The summed E-state index contributed by atoms with van der Waals surface area (Å²) in [5, 5.41) is 7.33. The third-order valence-corrected chi connectivity index (χ3v) is 7.74. The molecule has 0 amide bonds. The summed E-state index contributed by atoms with van der Waals surface area (Å²) in [5.74, 6) is 2.46. The van der Waals surface area contributed by atoms with Crippen LogP contribution in [0, 0.1) is 0 Å². The van der Waals surface area contributed by atoms with Crippen LogP contribution >= 0.6 is 24.0 Å². The molecule has 1 saturated carbocycles. The van der Waals surface area contributed by atoms with E-state index in [9.17, 15) is 4.21 Å². The van der Waals surface area contributed by atoms with Gasteiger partial charge in [-0.3, -0.25) is 14.1 Å². The Kier molecular flexibility index (Phi) is 12.0. The van der Waals surface area contributed by atoms with Gasteiger partial charge in [-0.2, -0.15) is 0 Å². The Morgan fingerprint density at radius 3 is 2.65 bits per heavy atom. The zero-order valence-corrected chi connectivity index (χ0v) is 22.0. The van der Waals surface area contributed by atoms with Crippen molar-refractivity contribution < 1.29 is 4.21 Å². The van der Waals surface area contributed by atoms with Crippen LogP contribution in [-0.2, 0) is 10.8 Å². The van der Waals surface area contributed by atoms with Crippen LogP contribution in [0.3, 0.4) is 0 Å². The first-order chi connectivity index (χ1) is 14.7. The standard InChI is InChI=1S/C21H37N7OS.HI/c1-3-30(29)19-8-4-7-18(17-19)26-20(22-2)23-11-6-12-27-13-15-28(16-14-27)21-24-9-5-10-25-21;/h5,9-10,18-19H,3-4,6-8,11-17H2,1-2H3,(H2,22,23,26);1H. The molecule has 10 heteroatoms. The van der Waals surface area contributed by atoms with E-state index >= 15 is 0 Å². The molecule has 0 bridgehead atoms. The van der Waals surface area contributed by atoms with Crippen LogP contribution in [0.5, 0.6) is 0 Å². The first-order valence-corrected chi connectivity index (χ1v) is 12.7. The molecule has 1 saturated heterocycles. The van der Waals surface area contributed by atoms with Gasteiger partial charge in [0.2, 0.25) is 5.95 Å². The van der Waals surface area contributed by atoms with Crippen LogP contribution in [0.15, 0.2) is 23.5 Å². The number of hydrogen-bond donors (Lipinski definition) is 2. The van der Waals surface area contributed by atoms with E-state index < -0.39 is 10.8 Å². The Morgan fingerprint density at radius 2 is 1.97 bits per heavy atom. The van der Waals surface area contributed by atoms with Crippen molar-refractivity contribution in [3.63, 3.8) is 0 Å². The highest BCUT2D eigenvalue weighted by Crippen LogP contribution is 2.23. The Labute approximate surface area is 206 Å². The minimum atomic E-state index is -0.693. The lowest BCUT2D eigenvalue weighted by atomic mass is 9.95. The highest BCUT2D eigenvalue weighted by molar-refractivity contribution is 14.0. The number of hydrogen-bond acceptors (Lipinski definition) is 6. The predicted octanol–water partition coefficient (Wildman–Crippen LogP) is 1.85. The van der Waals surface area contributed by atoms with Crippen molar-refractivity contribution in [1.29, 1.82) is 0 Å². The number of nitrogens with zero attached hydrogens (tertiary/aromatic N) is 5. The molecule has 2 aliphatic rings. The second kappa shape index (κ2) is 14.2. The van der Waals surface area contributed by atoms with E-state index in [1.54, 1.807) is 12.4 Å². The van der Waals surface area contributed by atoms with Gasteiger partial charge in [0.25, 0.3) is 0 Å². The van der Waals surface area contributed by atoms with Crippen LogP contribution in [0.25, 0.3) is 0 Å². The lowest BCUT2D eigenvalue weighted by molar-refractivity contribution is 0.254. The maximum atomic E-state index is 12.2. The van der Waals surface area contributed by atoms with Gasteiger partial charge in [0, 0.05) is 80.0 Å². The van der Waals surface area contributed by atoms with Crippen molar-refractivity contribution in [3.8, 4) is 0 Å². The highest BCUT2D eigenvalue weighted by Gasteiger charge is 2.26. The molecule has 3 unspecified atom stereocenters. The molecule has 31 heavy (non-hydrogen) atoms. The lowest BCUT2D eigenvalue weighted by Crippen LogP contribution is -2.48. The maximum absolute atomic E-state index is 12.2. The Bertz CT molecular complexity index is 686. The van der Waals surface area contributed by atoms with Gasteiger partial charge in [-0.05, 0) is 38.3 Å². The highest BCUT2D eigenvalue weighted by atomic mass is 127. The summed E-state index contributed by atoms with van der Waals surface area (Å²) in [6.45, 7) is 8.04. The molecule has 0 radical (unpaired) electrons. The number of anilines is 1. The number of aliphatic imine (C=N–C) groups is 1. The molecular weight excluding hydrogens is 525 g/mol. The molecule has 1 aliphatic heterocycles. The summed E-state index contributed by atoms with van der Waals surface area (Å²) in [7, 11) is 1.13. The number of nitrogens with one attached hydrogen (secondary N) is 2. The Morgan fingerprint density at radius 1 is 1.23 bits per heavy atom. The normalized spacial score (nSPS) is 23.7. The number of halogens is 1. The summed E-state index contributed by atoms with van der Waals surface area (Å²) < 4.78 is 12.2. The van der Waals surface area contributed by atoms with Gasteiger partial charge in [0.05, 0.1) is 0 Å². The molecule has 1 aromatic heterocycles. The molecular formula is C21H38IN7OS. The quantitative estimate of drug-likeness (QED) is 0.216. The molecule has 1 aromatic rings. The fourth-order valence-electron chi connectivity index (χ4n) is 4.27. The van der Waals surface area contributed by atoms with E-state index in [0.29, 0.717) is 11.3 Å². The van der Waals surface area contributed by atoms with E-state index in [-0.39, 0.29) is 24.0 Å². The van der Waals surface area contributed by atoms with Crippen LogP contribution in [-0.4, -0.2) is 88.4 Å². The average Bonchev–Trinajstić information content (AvgIpc) is 2.81. The molecule has 8 nitrogen and oxygen atoms in total. The number of aromatic nitrogens is 2. The fraction of sp³-hybridized carbons (Fsp3) is 0.762. The molecule has 2 fully saturated rings. The zero-order chi connectivity index (χ0) is 21.2. The van der Waals surface area contributed by atoms with Gasteiger partial charge in [-0.1, -0.05) is 13.3 Å². The summed E-state index contributed by atoms with van der Waals surface area (Å²) in [6.07, 6.45) is 9.04. The van der Waals surface area contributed by atoms with E-state index in [2.05, 4.69) is 35.4 Å². The van der Waals surface area contributed by atoms with Crippen LogP contribution in [0.4, 0.5) is 5.95 Å². The fourth-order valence-corrected chi connectivity index (χ4v) is 5.62. The second-order valence-corrected chi connectivity index (χ2v) is 10.0. The first kappa shape index (κ1) is 26.2. The van der Waals surface area contributed by atoms with Gasteiger partial charge in [-0.25, -0.2) is 9.97 Å². The van der Waals surface area contributed by atoms with Crippen molar-refractivity contribution in [2.75, 3.05) is 57.0 Å². The Hall–Kier alpha value is -1.01. The minimum Gasteiger partial charge on any atom is -0.356 e. The van der Waals surface area contributed by atoms with Gasteiger partial charge in [-0.15, -0.1) is 24.0 Å². The van der Waals surface area contributed by atoms with Gasteiger partial charge < -0.3 is 15.5 Å². The summed E-state index contributed by atoms with van der Waals surface area (Å²) >= 11 is 0. The van der Waals surface area contributed by atoms with Crippen molar-refractivity contribution >= 4 is 46.7 Å². The van der Waals surface area contributed by atoms with Crippen LogP contribution in [0.2, 0.25) is 0 Å². The molecule has 2 N–H and O–H groups in total. The van der Waals surface area contributed by atoms with Crippen LogP contribution in [0.1, 0.15) is 39.0 Å². The van der Waals surface area contributed by atoms with Crippen molar-refractivity contribution in [3.05, 3.63) is 18.5 Å². The third-order valence-electron chi connectivity index (χ3n) is 6.00. The summed E-state index contributed by atoms with van der Waals surface area (Å²) in [4.78, 5) is 17.8. The Balaban J connectivity index is 0.00000341. The second-order valence-electron chi connectivity index (χ2n) is 8.03. The van der Waals surface area contributed by atoms with Crippen molar-refractivity contribution in [1.82, 2.24) is 25.5 Å². The minimum absolute atomic E-state index is 0. The molecule has 176 valence electrons. The number of piperazine rings is 1. The number of guanidine groups is 1. The zero-order valence-electron chi connectivity index (χ0n) is 18.8. The first-order valence-electron chi connectivity index (χ1n) is 11.3. The largest absolute Gasteiger partial charge is 0.356 e. The number of rotatable bonds is 8. The van der Waals surface area contributed by atoms with E-state index in [0.717, 1.165) is 89.0 Å². The lowest BCUT2D eigenvalue weighted by Gasteiger charge is -2.34. The molecule has 3 atom stereocenters. The smallest absolute Gasteiger partial charge is 0.225 e. The van der Waals surface area contributed by atoms with Crippen molar-refractivity contribution in [2.24, 2.45) is 4.99 Å². The average molecular weight is 564 g/mol. The van der Waals surface area contributed by atoms with Gasteiger partial charge >= 0.3 is 0 Å². The van der Waals surface area contributed by atoms with E-state index in [4.69, 9.17) is 0 Å². The molecule has 0 spiro atoms. The molecule has 1 aliphatic carbocycles. The monoisotopic (exact) mass is 563 g/mol. The van der Waals surface area contributed by atoms with E-state index in [1.165, 1.54) is 0 Å². The van der Waals surface area contributed by atoms with E-state index in [1.807, 2.05) is 20.0 Å². The van der Waals surface area contributed by atoms with Crippen molar-refractivity contribution in [2.45, 2.75) is 50.3 Å². The molecule has 2 heterocycles. The molecule has 3 rings (SSSR count). The summed E-state index contributed by atoms with van der Waals surface area (Å²) in [5.41, 5.74) is 0. The van der Waals surface area contributed by atoms with Crippen LogP contribution < -0.4 is 15.5 Å². The molecule has 0 aromatic carbocycles. The topological polar surface area (TPSA) is 85.8 Å². The third kappa shape index (κ3) is 8.45. The SMILES string of the molecule is CCS(=O)C1CCCC(NC(=NC)NCCCN2CCN(c3ncccn3)CC2)C1.I. The van der Waals surface area contributed by atoms with Gasteiger partial charge in [0.15, 0.2) is 5.96 Å². The van der Waals surface area contributed by atoms with Gasteiger partial charge in [0.1, 0.15) is 0 Å². The predicted molar refractivity (Wildman–Crippen MR) is 140 cm³/mol. The summed E-state index contributed by atoms with van der Waals surface area (Å²) in [6, 6.07) is 2.23. The maximum Gasteiger partial charge on any atom is 0.225 e.